The van der Waals surface area contributed by atoms with Gasteiger partial charge in [-0.15, -0.1) is 0 Å². The Kier molecular flexibility index (Phi) is 5.21. The van der Waals surface area contributed by atoms with E-state index in [-0.39, 0.29) is 10.6 Å². The number of nitro groups is 1. The lowest BCUT2D eigenvalue weighted by Crippen LogP contribution is -2.28. The predicted molar refractivity (Wildman–Crippen MR) is 96.9 cm³/mol. The quantitative estimate of drug-likeness (QED) is 0.378. The van der Waals surface area contributed by atoms with E-state index in [1.807, 2.05) is 30.3 Å². The largest absolute Gasteiger partial charge is 0.410 e. The molecular formula is C18H18N4O4. The van der Waals surface area contributed by atoms with Gasteiger partial charge in [0, 0.05) is 28.5 Å². The summed E-state index contributed by atoms with van der Waals surface area (Å²) >= 11 is 0. The van der Waals surface area contributed by atoms with Crippen LogP contribution in [0, 0.1) is 10.1 Å². The van der Waals surface area contributed by atoms with Gasteiger partial charge in [-0.25, -0.2) is 4.98 Å². The Balaban J connectivity index is 1.85. The van der Waals surface area contributed by atoms with E-state index < -0.39 is 11.9 Å². The SMILES string of the molecule is O=C(Nc1nccc2ccccc12)C(/C=C1\CCCCC1[N+](=O)[O-])=N/O. The standard InChI is InChI=1S/C18H18N4O4/c23-18(20-17-14-7-3-1-5-12(14)9-10-19-17)15(21-24)11-13-6-2-4-8-16(13)22(25)26/h1,3,5,7,9-11,16,24H,2,4,6,8H2,(H,19,20,23)/b13-11+,21-15+. The van der Waals surface area contributed by atoms with Gasteiger partial charge < -0.3 is 10.5 Å². The first-order valence-electron chi connectivity index (χ1n) is 8.31. The zero-order chi connectivity index (χ0) is 18.5. The third-order valence-corrected chi connectivity index (χ3v) is 4.44. The van der Waals surface area contributed by atoms with Crippen molar-refractivity contribution in [2.24, 2.45) is 5.16 Å². The molecule has 0 bridgehead atoms. The molecule has 1 aromatic carbocycles. The Bertz CT molecular complexity index is 902. The Morgan fingerprint density at radius 2 is 2.15 bits per heavy atom. The van der Waals surface area contributed by atoms with E-state index in [9.17, 15) is 20.1 Å². The van der Waals surface area contributed by atoms with Gasteiger partial charge in [0.05, 0.1) is 0 Å². The van der Waals surface area contributed by atoms with Gasteiger partial charge in [-0.05, 0) is 36.8 Å². The molecule has 1 fully saturated rings. The van der Waals surface area contributed by atoms with Gasteiger partial charge in [0.25, 0.3) is 5.91 Å². The summed E-state index contributed by atoms with van der Waals surface area (Å²) in [5.74, 6) is -0.335. The fourth-order valence-corrected chi connectivity index (χ4v) is 3.13. The second kappa shape index (κ2) is 7.73. The highest BCUT2D eigenvalue weighted by Crippen LogP contribution is 2.26. The van der Waals surface area contributed by atoms with Crippen molar-refractivity contribution in [2.45, 2.75) is 31.7 Å². The molecule has 0 spiro atoms. The van der Waals surface area contributed by atoms with Gasteiger partial charge in [-0.1, -0.05) is 29.4 Å². The molecule has 1 atom stereocenters. The number of hydrogen-bond donors (Lipinski definition) is 2. The maximum Gasteiger partial charge on any atom is 0.278 e. The van der Waals surface area contributed by atoms with Crippen LogP contribution in [0.15, 0.2) is 53.3 Å². The molecule has 1 aliphatic rings. The second-order valence-electron chi connectivity index (χ2n) is 6.09. The summed E-state index contributed by atoms with van der Waals surface area (Å²) in [6, 6.07) is 8.38. The van der Waals surface area contributed by atoms with Crippen LogP contribution in [0.3, 0.4) is 0 Å². The van der Waals surface area contributed by atoms with Gasteiger partial charge in [0.15, 0.2) is 5.71 Å². The highest BCUT2D eigenvalue weighted by molar-refractivity contribution is 6.47. The summed E-state index contributed by atoms with van der Waals surface area (Å²) in [7, 11) is 0. The van der Waals surface area contributed by atoms with Crippen LogP contribution in [0.5, 0.6) is 0 Å². The predicted octanol–water partition coefficient (Wildman–Crippen LogP) is 3.15. The lowest BCUT2D eigenvalue weighted by Gasteiger charge is -2.18. The molecule has 1 heterocycles. The van der Waals surface area contributed by atoms with Gasteiger partial charge in [0.2, 0.25) is 6.04 Å². The number of anilines is 1. The number of carbonyl (C=O) groups excluding carboxylic acids is 1. The molecular weight excluding hydrogens is 336 g/mol. The van der Waals surface area contributed by atoms with Crippen LogP contribution in [0.1, 0.15) is 25.7 Å². The third-order valence-electron chi connectivity index (χ3n) is 4.44. The molecule has 134 valence electrons. The number of fused-ring (bicyclic) bond motifs is 1. The number of hydrogen-bond acceptors (Lipinski definition) is 6. The summed E-state index contributed by atoms with van der Waals surface area (Å²) < 4.78 is 0. The van der Waals surface area contributed by atoms with E-state index in [4.69, 9.17) is 0 Å². The molecule has 26 heavy (non-hydrogen) atoms. The molecule has 1 saturated carbocycles. The molecule has 1 aromatic heterocycles. The molecule has 0 aliphatic heterocycles. The van der Waals surface area contributed by atoms with Crippen LogP contribution in [0.25, 0.3) is 10.8 Å². The fraction of sp³-hybridized carbons (Fsp3) is 0.278. The van der Waals surface area contributed by atoms with Crippen molar-refractivity contribution in [1.29, 1.82) is 0 Å². The van der Waals surface area contributed by atoms with Crippen molar-refractivity contribution in [3.8, 4) is 0 Å². The smallest absolute Gasteiger partial charge is 0.278 e. The molecule has 8 heteroatoms. The van der Waals surface area contributed by atoms with E-state index >= 15 is 0 Å². The molecule has 0 radical (unpaired) electrons. The van der Waals surface area contributed by atoms with Crippen LogP contribution in [0.4, 0.5) is 5.82 Å². The molecule has 3 rings (SSSR count). The Hall–Kier alpha value is -3.29. The molecule has 1 amide bonds. The number of benzene rings is 1. The normalized spacial score (nSPS) is 19.5. The van der Waals surface area contributed by atoms with E-state index in [1.54, 1.807) is 6.20 Å². The van der Waals surface area contributed by atoms with Crippen LogP contribution < -0.4 is 5.32 Å². The Labute approximate surface area is 149 Å². The van der Waals surface area contributed by atoms with Crippen LogP contribution in [-0.4, -0.2) is 32.8 Å². The molecule has 0 saturated heterocycles. The van der Waals surface area contributed by atoms with E-state index in [0.717, 1.165) is 23.6 Å². The lowest BCUT2D eigenvalue weighted by molar-refractivity contribution is -0.514. The summed E-state index contributed by atoms with van der Waals surface area (Å²) in [4.78, 5) is 27.5. The fourth-order valence-electron chi connectivity index (χ4n) is 3.13. The minimum absolute atomic E-state index is 0.275. The number of nitrogens with zero attached hydrogens (tertiary/aromatic N) is 3. The molecule has 8 nitrogen and oxygen atoms in total. The molecule has 2 N–H and O–H groups in total. The number of nitrogens with one attached hydrogen (secondary N) is 1. The van der Waals surface area contributed by atoms with Crippen molar-refractivity contribution in [3.63, 3.8) is 0 Å². The number of oxime groups is 1. The zero-order valence-corrected chi connectivity index (χ0v) is 14.0. The highest BCUT2D eigenvalue weighted by Gasteiger charge is 2.29. The number of pyridine rings is 1. The average molecular weight is 354 g/mol. The summed E-state index contributed by atoms with van der Waals surface area (Å²) in [6.07, 6.45) is 5.37. The van der Waals surface area contributed by atoms with Crippen LogP contribution in [0.2, 0.25) is 0 Å². The average Bonchev–Trinajstić information content (AvgIpc) is 2.66. The van der Waals surface area contributed by atoms with E-state index in [2.05, 4.69) is 15.5 Å². The molecule has 1 aliphatic carbocycles. The minimum Gasteiger partial charge on any atom is -0.410 e. The van der Waals surface area contributed by atoms with Crippen LogP contribution >= 0.6 is 0 Å². The zero-order valence-electron chi connectivity index (χ0n) is 14.0. The van der Waals surface area contributed by atoms with Crippen molar-refractivity contribution in [3.05, 3.63) is 58.3 Å². The molecule has 2 aromatic rings. The van der Waals surface area contributed by atoms with Crippen molar-refractivity contribution in [1.82, 2.24) is 4.98 Å². The van der Waals surface area contributed by atoms with Gasteiger partial charge >= 0.3 is 0 Å². The summed E-state index contributed by atoms with van der Waals surface area (Å²) in [5.41, 5.74) is 0.221. The summed E-state index contributed by atoms with van der Waals surface area (Å²) in [6.45, 7) is 0. The number of amides is 1. The number of aromatic nitrogens is 1. The van der Waals surface area contributed by atoms with Crippen LogP contribution in [-0.2, 0) is 4.79 Å². The summed E-state index contributed by atoms with van der Waals surface area (Å²) in [5, 5.41) is 27.7. The maximum absolute atomic E-state index is 12.5. The Morgan fingerprint density at radius 1 is 1.35 bits per heavy atom. The van der Waals surface area contributed by atoms with Crippen molar-refractivity contribution >= 4 is 28.2 Å². The second-order valence-corrected chi connectivity index (χ2v) is 6.09. The van der Waals surface area contributed by atoms with Gasteiger partial charge in [-0.3, -0.25) is 14.9 Å². The first-order valence-corrected chi connectivity index (χ1v) is 8.31. The van der Waals surface area contributed by atoms with Gasteiger partial charge in [0.1, 0.15) is 5.82 Å². The Morgan fingerprint density at radius 3 is 2.92 bits per heavy atom. The maximum atomic E-state index is 12.5. The molecule has 1 unspecified atom stereocenters. The first kappa shape index (κ1) is 17.5. The van der Waals surface area contributed by atoms with E-state index in [1.165, 1.54) is 6.08 Å². The van der Waals surface area contributed by atoms with Crippen molar-refractivity contribution in [2.75, 3.05) is 5.32 Å². The monoisotopic (exact) mass is 354 g/mol. The van der Waals surface area contributed by atoms with Crippen molar-refractivity contribution < 1.29 is 14.9 Å². The lowest BCUT2D eigenvalue weighted by atomic mass is 9.89. The first-order chi connectivity index (χ1) is 12.6. The number of carbonyl (C=O) groups is 1. The van der Waals surface area contributed by atoms with E-state index in [0.29, 0.717) is 24.2 Å². The van der Waals surface area contributed by atoms with Gasteiger partial charge in [-0.2, -0.15) is 0 Å². The topological polar surface area (TPSA) is 118 Å². The number of rotatable bonds is 4. The third kappa shape index (κ3) is 3.69. The highest BCUT2D eigenvalue weighted by atomic mass is 16.6. The minimum atomic E-state index is -0.844.